The van der Waals surface area contributed by atoms with Crippen LogP contribution >= 0.6 is 0 Å². The van der Waals surface area contributed by atoms with Crippen LogP contribution in [0, 0.1) is 6.92 Å². The second-order valence-corrected chi connectivity index (χ2v) is 3.56. The van der Waals surface area contributed by atoms with Gasteiger partial charge in [-0.25, -0.2) is 0 Å². The Bertz CT molecular complexity index is 438. The topological polar surface area (TPSA) is 4.93 Å². The third kappa shape index (κ3) is 1.15. The minimum atomic E-state index is 1.10. The summed E-state index contributed by atoms with van der Waals surface area (Å²) >= 11 is 0. The van der Waals surface area contributed by atoms with E-state index < -0.39 is 0 Å². The average molecular weight is 173 g/mol. The summed E-state index contributed by atoms with van der Waals surface area (Å²) in [5.41, 5.74) is 4.12. The van der Waals surface area contributed by atoms with E-state index in [1.165, 1.54) is 22.2 Å². The highest BCUT2D eigenvalue weighted by Crippen LogP contribution is 2.21. The molecule has 68 valence electrons. The molecule has 1 nitrogen and oxygen atoms in total. The van der Waals surface area contributed by atoms with Gasteiger partial charge in [-0.15, -0.1) is 0 Å². The molecule has 13 heavy (non-hydrogen) atoms. The van der Waals surface area contributed by atoms with Crippen molar-refractivity contribution >= 4 is 10.9 Å². The molecule has 0 radical (unpaired) electrons. The largest absolute Gasteiger partial charge is 0.348 e. The molecule has 0 saturated heterocycles. The average Bonchev–Trinajstić information content (AvgIpc) is 2.45. The molecular weight excluding hydrogens is 158 g/mol. The first-order chi connectivity index (χ1) is 6.24. The molecule has 0 aliphatic rings. The predicted octanol–water partition coefficient (Wildman–Crippen LogP) is 3.05. The van der Waals surface area contributed by atoms with Crippen LogP contribution < -0.4 is 0 Å². The van der Waals surface area contributed by atoms with Crippen molar-refractivity contribution in [3.05, 3.63) is 35.5 Å². The summed E-state index contributed by atoms with van der Waals surface area (Å²) in [4.78, 5) is 0. The van der Waals surface area contributed by atoms with Gasteiger partial charge in [-0.05, 0) is 31.0 Å². The molecule has 1 heteroatoms. The van der Waals surface area contributed by atoms with Gasteiger partial charge >= 0.3 is 0 Å². The summed E-state index contributed by atoms with van der Waals surface area (Å²) < 4.78 is 2.28. The van der Waals surface area contributed by atoms with Gasteiger partial charge < -0.3 is 4.57 Å². The van der Waals surface area contributed by atoms with E-state index >= 15 is 0 Å². The third-order valence-electron chi connectivity index (χ3n) is 2.77. The van der Waals surface area contributed by atoms with Crippen LogP contribution in [0.5, 0.6) is 0 Å². The van der Waals surface area contributed by atoms with Crippen molar-refractivity contribution in [2.45, 2.75) is 20.3 Å². The maximum atomic E-state index is 2.30. The number of rotatable bonds is 1. The van der Waals surface area contributed by atoms with Crippen LogP contribution in [-0.2, 0) is 13.5 Å². The van der Waals surface area contributed by atoms with Gasteiger partial charge in [0.2, 0.25) is 0 Å². The molecule has 0 atom stereocenters. The molecule has 0 bridgehead atoms. The summed E-state index contributed by atoms with van der Waals surface area (Å²) in [7, 11) is 2.14. The fraction of sp³-hybridized carbons (Fsp3) is 0.333. The second kappa shape index (κ2) is 2.91. The summed E-state index contributed by atoms with van der Waals surface area (Å²) in [5, 5.41) is 1.39. The summed E-state index contributed by atoms with van der Waals surface area (Å²) in [6, 6.07) is 8.77. The van der Waals surface area contributed by atoms with Gasteiger partial charge in [0.25, 0.3) is 0 Å². The molecule has 0 fully saturated rings. The van der Waals surface area contributed by atoms with Crippen LogP contribution in [0.2, 0.25) is 0 Å². The highest BCUT2D eigenvalue weighted by Gasteiger charge is 2.04. The van der Waals surface area contributed by atoms with E-state index in [4.69, 9.17) is 0 Å². The number of hydrogen-bond donors (Lipinski definition) is 0. The van der Waals surface area contributed by atoms with Crippen LogP contribution in [-0.4, -0.2) is 4.57 Å². The van der Waals surface area contributed by atoms with E-state index in [-0.39, 0.29) is 0 Å². The van der Waals surface area contributed by atoms with Gasteiger partial charge in [-0.2, -0.15) is 0 Å². The lowest BCUT2D eigenvalue weighted by atomic mass is 10.1. The maximum Gasteiger partial charge on any atom is 0.0482 e. The van der Waals surface area contributed by atoms with Crippen LogP contribution in [0.25, 0.3) is 10.9 Å². The molecular formula is C12H15N. The maximum absolute atomic E-state index is 2.30. The molecule has 1 heterocycles. The number of hydrogen-bond acceptors (Lipinski definition) is 0. The van der Waals surface area contributed by atoms with Gasteiger partial charge in [0.1, 0.15) is 0 Å². The molecule has 1 aromatic carbocycles. The molecule has 2 aromatic rings. The fourth-order valence-corrected chi connectivity index (χ4v) is 1.90. The minimum Gasteiger partial charge on any atom is -0.348 e. The molecule has 0 N–H and O–H groups in total. The Hall–Kier alpha value is -1.24. The molecule has 0 unspecified atom stereocenters. The Morgan fingerprint density at radius 3 is 2.69 bits per heavy atom. The molecule has 0 aliphatic heterocycles. The van der Waals surface area contributed by atoms with E-state index in [2.05, 4.69) is 49.7 Å². The highest BCUT2D eigenvalue weighted by atomic mass is 14.9. The second-order valence-electron chi connectivity index (χ2n) is 3.56. The molecule has 2 rings (SSSR count). The Kier molecular flexibility index (Phi) is 1.87. The lowest BCUT2D eigenvalue weighted by molar-refractivity contribution is 0.865. The first-order valence-electron chi connectivity index (χ1n) is 4.78. The molecule has 0 aliphatic carbocycles. The first-order valence-corrected chi connectivity index (χ1v) is 4.78. The van der Waals surface area contributed by atoms with E-state index in [0.717, 1.165) is 6.42 Å². The van der Waals surface area contributed by atoms with Crippen LogP contribution in [0.3, 0.4) is 0 Å². The van der Waals surface area contributed by atoms with Gasteiger partial charge in [-0.1, -0.05) is 19.1 Å². The quantitative estimate of drug-likeness (QED) is 0.624. The fourth-order valence-electron chi connectivity index (χ4n) is 1.90. The van der Waals surface area contributed by atoms with Crippen molar-refractivity contribution < 1.29 is 0 Å². The van der Waals surface area contributed by atoms with E-state index in [0.29, 0.717) is 0 Å². The normalized spacial score (nSPS) is 11.0. The van der Waals surface area contributed by atoms with Crippen LogP contribution in [0.15, 0.2) is 24.3 Å². The van der Waals surface area contributed by atoms with Crippen molar-refractivity contribution in [3.8, 4) is 0 Å². The monoisotopic (exact) mass is 173 g/mol. The number of benzene rings is 1. The van der Waals surface area contributed by atoms with Crippen molar-refractivity contribution in [2.24, 2.45) is 7.05 Å². The van der Waals surface area contributed by atoms with Gasteiger partial charge in [0.15, 0.2) is 0 Å². The number of nitrogens with zero attached hydrogens (tertiary/aromatic N) is 1. The number of fused-ring (bicyclic) bond motifs is 1. The van der Waals surface area contributed by atoms with Gasteiger partial charge in [0, 0.05) is 23.6 Å². The van der Waals surface area contributed by atoms with E-state index in [1.54, 1.807) is 0 Å². The summed E-state index contributed by atoms with van der Waals surface area (Å²) in [6.07, 6.45) is 1.10. The number of aromatic nitrogens is 1. The lowest BCUT2D eigenvalue weighted by Crippen LogP contribution is -1.92. The van der Waals surface area contributed by atoms with Crippen molar-refractivity contribution in [1.82, 2.24) is 4.57 Å². The molecule has 0 amide bonds. The summed E-state index contributed by atoms with van der Waals surface area (Å²) in [5.74, 6) is 0. The Balaban J connectivity index is 2.83. The van der Waals surface area contributed by atoms with E-state index in [9.17, 15) is 0 Å². The molecule has 0 spiro atoms. The van der Waals surface area contributed by atoms with Crippen molar-refractivity contribution in [1.29, 1.82) is 0 Å². The summed E-state index contributed by atoms with van der Waals surface area (Å²) in [6.45, 7) is 4.37. The molecule has 1 aromatic heterocycles. The van der Waals surface area contributed by atoms with Crippen LogP contribution in [0.4, 0.5) is 0 Å². The first kappa shape index (κ1) is 8.36. The zero-order valence-electron chi connectivity index (χ0n) is 8.46. The lowest BCUT2D eigenvalue weighted by Gasteiger charge is -2.00. The Labute approximate surface area is 79.0 Å². The van der Waals surface area contributed by atoms with Gasteiger partial charge in [-0.3, -0.25) is 0 Å². The Morgan fingerprint density at radius 1 is 1.31 bits per heavy atom. The molecule has 0 saturated carbocycles. The zero-order valence-corrected chi connectivity index (χ0v) is 8.46. The Morgan fingerprint density at radius 2 is 2.08 bits per heavy atom. The van der Waals surface area contributed by atoms with Crippen molar-refractivity contribution in [2.75, 3.05) is 0 Å². The van der Waals surface area contributed by atoms with Gasteiger partial charge in [0.05, 0.1) is 0 Å². The SMILES string of the molecule is CCc1cc2c(C)cccc2n1C. The third-order valence-corrected chi connectivity index (χ3v) is 2.77. The predicted molar refractivity (Wildman–Crippen MR) is 57.0 cm³/mol. The van der Waals surface area contributed by atoms with Crippen molar-refractivity contribution in [3.63, 3.8) is 0 Å². The standard InChI is InChI=1S/C12H15N/c1-4-10-8-11-9(2)6-5-7-12(11)13(10)3/h5-8H,4H2,1-3H3. The minimum absolute atomic E-state index is 1.10. The highest BCUT2D eigenvalue weighted by molar-refractivity contribution is 5.84. The van der Waals surface area contributed by atoms with E-state index in [1.807, 2.05) is 0 Å². The smallest absolute Gasteiger partial charge is 0.0482 e. The number of aryl methyl sites for hydroxylation is 3. The zero-order chi connectivity index (χ0) is 9.42. The van der Waals surface area contributed by atoms with Crippen LogP contribution in [0.1, 0.15) is 18.2 Å².